The first kappa shape index (κ1) is 14.2. The van der Waals surface area contributed by atoms with Gasteiger partial charge in [0.15, 0.2) is 17.4 Å². The lowest BCUT2D eigenvalue weighted by Gasteiger charge is -2.37. The molecule has 2 aliphatic heterocycles. The molecule has 2 amide bonds. The number of likely N-dealkylation sites (tertiary alicyclic amines) is 1. The van der Waals surface area contributed by atoms with Crippen LogP contribution in [-0.2, 0) is 9.47 Å². The molecule has 0 radical (unpaired) electrons. The van der Waals surface area contributed by atoms with Gasteiger partial charge in [-0.05, 0) is 12.1 Å². The number of carbonyl (C=O) groups is 1. The summed E-state index contributed by atoms with van der Waals surface area (Å²) in [6.45, 7) is 2.16. The average Bonchev–Trinajstić information content (AvgIpc) is 2.92. The number of anilines is 1. The van der Waals surface area contributed by atoms with Gasteiger partial charge < -0.3 is 19.7 Å². The number of benzene rings is 1. The van der Waals surface area contributed by atoms with Crippen molar-refractivity contribution in [1.82, 2.24) is 4.90 Å². The Labute approximate surface area is 120 Å². The van der Waals surface area contributed by atoms with E-state index in [2.05, 4.69) is 5.32 Å². The van der Waals surface area contributed by atoms with Crippen molar-refractivity contribution >= 4 is 11.7 Å². The summed E-state index contributed by atoms with van der Waals surface area (Å²) in [5.74, 6) is -2.47. The number of amides is 2. The van der Waals surface area contributed by atoms with Gasteiger partial charge in [0.2, 0.25) is 0 Å². The van der Waals surface area contributed by atoms with Crippen LogP contribution in [0.25, 0.3) is 0 Å². The largest absolute Gasteiger partial charge is 0.347 e. The highest BCUT2D eigenvalue weighted by atomic mass is 19.2. The van der Waals surface area contributed by atoms with Crippen LogP contribution in [0.5, 0.6) is 0 Å². The first-order valence-corrected chi connectivity index (χ1v) is 6.87. The highest BCUT2D eigenvalue weighted by Crippen LogP contribution is 2.31. The molecule has 21 heavy (non-hydrogen) atoms. The topological polar surface area (TPSA) is 50.8 Å². The van der Waals surface area contributed by atoms with Crippen LogP contribution in [0, 0.1) is 11.6 Å². The van der Waals surface area contributed by atoms with E-state index in [0.717, 1.165) is 12.1 Å². The summed E-state index contributed by atoms with van der Waals surface area (Å²) < 4.78 is 37.1. The Hall–Kier alpha value is -1.73. The molecule has 0 aromatic heterocycles. The zero-order chi connectivity index (χ0) is 14.9. The first-order valence-electron chi connectivity index (χ1n) is 6.87. The maximum absolute atomic E-state index is 13.1. The van der Waals surface area contributed by atoms with Crippen LogP contribution in [0.4, 0.5) is 19.3 Å². The molecule has 2 saturated heterocycles. The lowest BCUT2D eigenvalue weighted by Crippen LogP contribution is -2.48. The van der Waals surface area contributed by atoms with E-state index < -0.39 is 17.4 Å². The second-order valence-corrected chi connectivity index (χ2v) is 5.15. The number of rotatable bonds is 1. The molecule has 114 valence electrons. The second-order valence-electron chi connectivity index (χ2n) is 5.15. The fraction of sp³-hybridized carbons (Fsp3) is 0.500. The van der Waals surface area contributed by atoms with Crippen molar-refractivity contribution in [3.63, 3.8) is 0 Å². The number of nitrogens with zero attached hydrogens (tertiary/aromatic N) is 1. The van der Waals surface area contributed by atoms with Gasteiger partial charge in [-0.3, -0.25) is 0 Å². The quantitative estimate of drug-likeness (QED) is 0.866. The number of hydrogen-bond acceptors (Lipinski definition) is 3. The molecular formula is C14H16F2N2O3. The number of ether oxygens (including phenoxy) is 2. The number of carbonyl (C=O) groups excluding carboxylic acids is 1. The van der Waals surface area contributed by atoms with Gasteiger partial charge in [0, 0.05) is 37.7 Å². The van der Waals surface area contributed by atoms with Crippen molar-refractivity contribution in [3.05, 3.63) is 29.8 Å². The normalized spacial score (nSPS) is 20.8. The Kier molecular flexibility index (Phi) is 3.77. The number of hydrogen-bond donors (Lipinski definition) is 1. The molecule has 1 N–H and O–H groups in total. The Bertz CT molecular complexity index is 537. The molecule has 1 aromatic rings. The Balaban J connectivity index is 1.57. The molecule has 3 rings (SSSR count). The van der Waals surface area contributed by atoms with E-state index in [9.17, 15) is 13.6 Å². The van der Waals surface area contributed by atoms with Gasteiger partial charge in [-0.1, -0.05) is 0 Å². The maximum atomic E-state index is 13.1. The standard InChI is InChI=1S/C14H16F2N2O3/c15-11-2-1-10(9-12(11)16)17-13(19)18-5-3-14(4-6-18)20-7-8-21-14/h1-2,9H,3-8H2,(H,17,19). The molecule has 0 atom stereocenters. The molecule has 2 heterocycles. The van der Waals surface area contributed by atoms with Gasteiger partial charge in [0.1, 0.15) is 0 Å². The third-order valence-electron chi connectivity index (χ3n) is 3.80. The van der Waals surface area contributed by atoms with Crippen molar-refractivity contribution in [1.29, 1.82) is 0 Å². The van der Waals surface area contributed by atoms with Crippen LogP contribution in [0.3, 0.4) is 0 Å². The predicted octanol–water partition coefficient (Wildman–Crippen LogP) is 2.34. The van der Waals surface area contributed by atoms with E-state index in [4.69, 9.17) is 9.47 Å². The first-order chi connectivity index (χ1) is 10.1. The second kappa shape index (κ2) is 5.57. The van der Waals surface area contributed by atoms with Gasteiger partial charge in [-0.15, -0.1) is 0 Å². The van der Waals surface area contributed by atoms with Gasteiger partial charge in [0.25, 0.3) is 0 Å². The van der Waals surface area contributed by atoms with Gasteiger partial charge in [0.05, 0.1) is 13.2 Å². The Morgan fingerprint density at radius 1 is 1.14 bits per heavy atom. The van der Waals surface area contributed by atoms with E-state index in [1.54, 1.807) is 4.90 Å². The maximum Gasteiger partial charge on any atom is 0.321 e. The number of nitrogens with one attached hydrogen (secondary N) is 1. The summed E-state index contributed by atoms with van der Waals surface area (Å²) in [7, 11) is 0. The SMILES string of the molecule is O=C(Nc1ccc(F)c(F)c1)N1CCC2(CC1)OCCO2. The molecule has 2 aliphatic rings. The fourth-order valence-corrected chi connectivity index (χ4v) is 2.61. The third kappa shape index (κ3) is 2.98. The number of halogens is 2. The van der Waals surface area contributed by atoms with Gasteiger partial charge in [-0.2, -0.15) is 0 Å². The monoisotopic (exact) mass is 298 g/mol. The Morgan fingerprint density at radius 3 is 2.43 bits per heavy atom. The molecule has 0 bridgehead atoms. The van der Waals surface area contributed by atoms with Crippen LogP contribution in [0.15, 0.2) is 18.2 Å². The minimum Gasteiger partial charge on any atom is -0.347 e. The lowest BCUT2D eigenvalue weighted by atomic mass is 10.0. The highest BCUT2D eigenvalue weighted by Gasteiger charge is 2.40. The van der Waals surface area contributed by atoms with E-state index >= 15 is 0 Å². The van der Waals surface area contributed by atoms with Crippen molar-refractivity contribution in [2.45, 2.75) is 18.6 Å². The summed E-state index contributed by atoms with van der Waals surface area (Å²) >= 11 is 0. The number of piperidine rings is 1. The summed E-state index contributed by atoms with van der Waals surface area (Å²) in [5, 5.41) is 2.56. The summed E-state index contributed by atoms with van der Waals surface area (Å²) in [5.41, 5.74) is 0.229. The Morgan fingerprint density at radius 2 is 1.81 bits per heavy atom. The van der Waals surface area contributed by atoms with Crippen LogP contribution < -0.4 is 5.32 Å². The van der Waals surface area contributed by atoms with Crippen LogP contribution >= 0.6 is 0 Å². The molecule has 0 saturated carbocycles. The molecule has 5 nitrogen and oxygen atoms in total. The minimum atomic E-state index is -0.988. The zero-order valence-corrected chi connectivity index (χ0v) is 11.4. The molecule has 0 unspecified atom stereocenters. The minimum absolute atomic E-state index is 0.229. The third-order valence-corrected chi connectivity index (χ3v) is 3.80. The summed E-state index contributed by atoms with van der Waals surface area (Å²) in [6, 6.07) is 2.93. The van der Waals surface area contributed by atoms with Crippen molar-refractivity contribution in [2.24, 2.45) is 0 Å². The smallest absolute Gasteiger partial charge is 0.321 e. The average molecular weight is 298 g/mol. The fourth-order valence-electron chi connectivity index (χ4n) is 2.61. The van der Waals surface area contributed by atoms with Gasteiger partial charge >= 0.3 is 6.03 Å². The summed E-state index contributed by atoms with van der Waals surface area (Å²) in [4.78, 5) is 13.7. The van der Waals surface area contributed by atoms with E-state index in [1.165, 1.54) is 6.07 Å². The molecule has 2 fully saturated rings. The van der Waals surface area contributed by atoms with Crippen molar-refractivity contribution < 1.29 is 23.0 Å². The van der Waals surface area contributed by atoms with Crippen molar-refractivity contribution in [3.8, 4) is 0 Å². The van der Waals surface area contributed by atoms with Crippen LogP contribution in [0.2, 0.25) is 0 Å². The van der Waals surface area contributed by atoms with E-state index in [0.29, 0.717) is 39.1 Å². The van der Waals surface area contributed by atoms with E-state index in [1.807, 2.05) is 0 Å². The van der Waals surface area contributed by atoms with Crippen molar-refractivity contribution in [2.75, 3.05) is 31.6 Å². The van der Waals surface area contributed by atoms with Crippen LogP contribution in [0.1, 0.15) is 12.8 Å². The predicted molar refractivity (Wildman–Crippen MR) is 70.8 cm³/mol. The zero-order valence-electron chi connectivity index (χ0n) is 11.4. The number of urea groups is 1. The van der Waals surface area contributed by atoms with Crippen LogP contribution in [-0.4, -0.2) is 43.0 Å². The highest BCUT2D eigenvalue weighted by molar-refractivity contribution is 5.89. The molecule has 0 aliphatic carbocycles. The van der Waals surface area contributed by atoms with Gasteiger partial charge in [-0.25, -0.2) is 13.6 Å². The molecule has 1 aromatic carbocycles. The van der Waals surface area contributed by atoms with E-state index in [-0.39, 0.29) is 11.7 Å². The molecular weight excluding hydrogens is 282 g/mol. The lowest BCUT2D eigenvalue weighted by molar-refractivity contribution is -0.181. The summed E-state index contributed by atoms with van der Waals surface area (Å²) in [6.07, 6.45) is 1.22. The molecule has 1 spiro atoms. The molecule has 7 heteroatoms.